The average molecular weight is 325 g/mol. The zero-order valence-electron chi connectivity index (χ0n) is 13.5. The van der Waals surface area contributed by atoms with Crippen molar-refractivity contribution in [1.29, 1.82) is 0 Å². The van der Waals surface area contributed by atoms with Crippen molar-refractivity contribution in [3.8, 4) is 0 Å². The van der Waals surface area contributed by atoms with Gasteiger partial charge < -0.3 is 4.98 Å². The molecule has 3 rings (SSSR count). The highest BCUT2D eigenvalue weighted by Crippen LogP contribution is 2.25. The summed E-state index contributed by atoms with van der Waals surface area (Å²) in [4.78, 5) is 24.5. The van der Waals surface area contributed by atoms with Crippen molar-refractivity contribution in [2.75, 3.05) is 5.75 Å². The lowest BCUT2D eigenvalue weighted by Crippen LogP contribution is -2.02. The van der Waals surface area contributed by atoms with E-state index in [-0.39, 0.29) is 5.78 Å². The minimum absolute atomic E-state index is 0.114. The largest absolute Gasteiger partial charge is 0.360 e. The summed E-state index contributed by atoms with van der Waals surface area (Å²) >= 11 is 1.46. The Bertz CT molecular complexity index is 850. The second-order valence-corrected chi connectivity index (χ2v) is 6.50. The summed E-state index contributed by atoms with van der Waals surface area (Å²) in [6.07, 6.45) is 2.77. The molecule has 0 amide bonds. The van der Waals surface area contributed by atoms with Crippen LogP contribution in [0.2, 0.25) is 0 Å². The van der Waals surface area contributed by atoms with Crippen LogP contribution >= 0.6 is 11.8 Å². The SMILES string of the molecule is CCc1cccc2c(C(=O)CSc3cc(C)nc(C)n3)c[nH]c12. The summed E-state index contributed by atoms with van der Waals surface area (Å²) in [5, 5.41) is 1.85. The van der Waals surface area contributed by atoms with Crippen LogP contribution in [0.3, 0.4) is 0 Å². The normalized spacial score (nSPS) is 11.1. The average Bonchev–Trinajstić information content (AvgIpc) is 2.95. The van der Waals surface area contributed by atoms with Gasteiger partial charge in [0.25, 0.3) is 0 Å². The highest BCUT2D eigenvalue weighted by molar-refractivity contribution is 7.99. The number of nitrogens with zero attached hydrogens (tertiary/aromatic N) is 2. The molecule has 0 saturated carbocycles. The van der Waals surface area contributed by atoms with Crippen LogP contribution in [0.15, 0.2) is 35.5 Å². The third-order valence-corrected chi connectivity index (χ3v) is 4.69. The first kappa shape index (κ1) is 15.7. The standard InChI is InChI=1S/C18H19N3OS/c1-4-13-6-5-7-14-15(9-19-18(13)14)16(22)10-23-17-8-11(2)20-12(3)21-17/h5-9,19H,4,10H2,1-3H3. The third kappa shape index (κ3) is 3.29. The summed E-state index contributed by atoms with van der Waals surface area (Å²) in [7, 11) is 0. The van der Waals surface area contributed by atoms with Crippen molar-refractivity contribution in [1.82, 2.24) is 15.0 Å². The van der Waals surface area contributed by atoms with Crippen molar-refractivity contribution in [3.63, 3.8) is 0 Å². The molecular formula is C18H19N3OS. The molecule has 0 aliphatic heterocycles. The van der Waals surface area contributed by atoms with Gasteiger partial charge in [-0.1, -0.05) is 36.9 Å². The number of hydrogen-bond acceptors (Lipinski definition) is 4. The van der Waals surface area contributed by atoms with Gasteiger partial charge in [-0.15, -0.1) is 0 Å². The number of nitrogens with one attached hydrogen (secondary N) is 1. The first-order valence-corrected chi connectivity index (χ1v) is 8.64. The number of aromatic amines is 1. The van der Waals surface area contributed by atoms with Crippen LogP contribution in [-0.4, -0.2) is 26.5 Å². The molecule has 0 radical (unpaired) electrons. The second-order valence-electron chi connectivity index (χ2n) is 5.50. The molecule has 118 valence electrons. The van der Waals surface area contributed by atoms with Crippen molar-refractivity contribution in [2.24, 2.45) is 0 Å². The predicted octanol–water partition coefficient (Wildman–Crippen LogP) is 4.11. The summed E-state index contributed by atoms with van der Waals surface area (Å²) in [5.74, 6) is 1.22. The van der Waals surface area contributed by atoms with Gasteiger partial charge in [0.1, 0.15) is 10.9 Å². The number of aryl methyl sites for hydroxylation is 3. The van der Waals surface area contributed by atoms with Gasteiger partial charge in [0.15, 0.2) is 5.78 Å². The maximum absolute atomic E-state index is 12.6. The van der Waals surface area contributed by atoms with Gasteiger partial charge in [0.05, 0.1) is 5.75 Å². The highest BCUT2D eigenvalue weighted by atomic mass is 32.2. The van der Waals surface area contributed by atoms with E-state index < -0.39 is 0 Å². The molecule has 1 aromatic carbocycles. The van der Waals surface area contributed by atoms with Crippen LogP contribution < -0.4 is 0 Å². The van der Waals surface area contributed by atoms with E-state index in [0.29, 0.717) is 5.75 Å². The van der Waals surface area contributed by atoms with E-state index in [1.807, 2.05) is 38.2 Å². The molecule has 1 N–H and O–H groups in total. The molecule has 0 unspecified atom stereocenters. The lowest BCUT2D eigenvalue weighted by Gasteiger charge is -2.03. The third-order valence-electron chi connectivity index (χ3n) is 3.78. The Balaban J connectivity index is 1.81. The molecule has 0 atom stereocenters. The Morgan fingerprint density at radius 3 is 2.83 bits per heavy atom. The van der Waals surface area contributed by atoms with Crippen LogP contribution in [0.5, 0.6) is 0 Å². The van der Waals surface area contributed by atoms with Crippen molar-refractivity contribution in [2.45, 2.75) is 32.2 Å². The number of rotatable bonds is 5. The molecule has 2 heterocycles. The minimum atomic E-state index is 0.114. The monoisotopic (exact) mass is 325 g/mol. The van der Waals surface area contributed by atoms with Crippen molar-refractivity contribution < 1.29 is 4.79 Å². The number of fused-ring (bicyclic) bond motifs is 1. The van der Waals surface area contributed by atoms with Gasteiger partial charge in [-0.05, 0) is 31.9 Å². The number of hydrogen-bond donors (Lipinski definition) is 1. The molecule has 0 aliphatic carbocycles. The molecule has 5 heteroatoms. The van der Waals surface area contributed by atoms with E-state index in [2.05, 4.69) is 27.9 Å². The van der Waals surface area contributed by atoms with Gasteiger partial charge in [-0.3, -0.25) is 4.79 Å². The maximum atomic E-state index is 12.6. The van der Waals surface area contributed by atoms with Crippen molar-refractivity contribution in [3.05, 3.63) is 53.1 Å². The van der Waals surface area contributed by atoms with E-state index in [9.17, 15) is 4.79 Å². The molecule has 0 fully saturated rings. The molecule has 3 aromatic rings. The Hall–Kier alpha value is -2.14. The van der Waals surface area contributed by atoms with Crippen LogP contribution in [0, 0.1) is 13.8 Å². The molecule has 2 aromatic heterocycles. The van der Waals surface area contributed by atoms with E-state index in [0.717, 1.165) is 39.4 Å². The molecule has 23 heavy (non-hydrogen) atoms. The van der Waals surface area contributed by atoms with Crippen LogP contribution in [0.1, 0.15) is 34.4 Å². The number of benzene rings is 1. The van der Waals surface area contributed by atoms with Gasteiger partial charge >= 0.3 is 0 Å². The summed E-state index contributed by atoms with van der Waals surface area (Å²) in [5.41, 5.74) is 3.98. The number of thioether (sulfide) groups is 1. The summed E-state index contributed by atoms with van der Waals surface area (Å²) in [6, 6.07) is 8.02. The van der Waals surface area contributed by atoms with Crippen molar-refractivity contribution >= 4 is 28.4 Å². The lowest BCUT2D eigenvalue weighted by molar-refractivity contribution is 0.102. The number of aromatic nitrogens is 3. The van der Waals surface area contributed by atoms with Gasteiger partial charge in [0, 0.05) is 28.4 Å². The number of carbonyl (C=O) groups excluding carboxylic acids is 1. The highest BCUT2D eigenvalue weighted by Gasteiger charge is 2.14. The van der Waals surface area contributed by atoms with Gasteiger partial charge in [0.2, 0.25) is 0 Å². The molecule has 0 spiro atoms. The van der Waals surface area contributed by atoms with E-state index in [4.69, 9.17) is 0 Å². The fraction of sp³-hybridized carbons (Fsp3) is 0.278. The molecule has 0 aliphatic rings. The minimum Gasteiger partial charge on any atom is -0.360 e. The lowest BCUT2D eigenvalue weighted by atomic mass is 10.1. The number of para-hydroxylation sites is 1. The van der Waals surface area contributed by atoms with Crippen LogP contribution in [0.4, 0.5) is 0 Å². The second kappa shape index (κ2) is 6.54. The number of H-pyrrole nitrogens is 1. The number of Topliss-reactive ketones (excluding diaryl/α,β-unsaturated/α-hetero) is 1. The summed E-state index contributed by atoms with van der Waals surface area (Å²) < 4.78 is 0. The molecular weight excluding hydrogens is 306 g/mol. The fourth-order valence-electron chi connectivity index (χ4n) is 2.72. The predicted molar refractivity (Wildman–Crippen MR) is 94.2 cm³/mol. The summed E-state index contributed by atoms with van der Waals surface area (Å²) in [6.45, 7) is 5.92. The maximum Gasteiger partial charge on any atom is 0.175 e. The fourth-order valence-corrected chi connectivity index (χ4v) is 3.60. The first-order valence-electron chi connectivity index (χ1n) is 7.65. The number of ketones is 1. The molecule has 0 bridgehead atoms. The Labute approximate surface area is 139 Å². The Morgan fingerprint density at radius 2 is 2.09 bits per heavy atom. The first-order chi connectivity index (χ1) is 11.1. The molecule has 4 nitrogen and oxygen atoms in total. The zero-order valence-corrected chi connectivity index (χ0v) is 14.3. The molecule has 0 saturated heterocycles. The Morgan fingerprint density at radius 1 is 1.26 bits per heavy atom. The van der Waals surface area contributed by atoms with E-state index in [1.54, 1.807) is 0 Å². The quantitative estimate of drug-likeness (QED) is 0.436. The Kier molecular flexibility index (Phi) is 4.48. The van der Waals surface area contributed by atoms with E-state index in [1.165, 1.54) is 17.3 Å². The van der Waals surface area contributed by atoms with E-state index >= 15 is 0 Å². The zero-order chi connectivity index (χ0) is 16.4. The van der Waals surface area contributed by atoms with Gasteiger partial charge in [-0.2, -0.15) is 0 Å². The topological polar surface area (TPSA) is 58.6 Å². The number of carbonyl (C=O) groups is 1. The smallest absolute Gasteiger partial charge is 0.175 e. The van der Waals surface area contributed by atoms with Gasteiger partial charge in [-0.25, -0.2) is 9.97 Å². The van der Waals surface area contributed by atoms with Crippen LogP contribution in [-0.2, 0) is 6.42 Å². The van der Waals surface area contributed by atoms with Crippen LogP contribution in [0.25, 0.3) is 10.9 Å².